The molecule has 0 saturated carbocycles. The highest BCUT2D eigenvalue weighted by Gasteiger charge is 2.40. The molecular formula is C17H22N4OS. The molecule has 0 unspecified atom stereocenters. The lowest BCUT2D eigenvalue weighted by Gasteiger charge is -2.28. The number of aromatic nitrogens is 3. The molecule has 1 amide bonds. The molecule has 6 heteroatoms. The molecule has 0 N–H and O–H groups in total. The van der Waals surface area contributed by atoms with Crippen molar-refractivity contribution in [1.29, 1.82) is 0 Å². The Kier molecular flexibility index (Phi) is 3.93. The topological polar surface area (TPSA) is 51.0 Å². The van der Waals surface area contributed by atoms with Crippen LogP contribution in [0.2, 0.25) is 0 Å². The minimum absolute atomic E-state index is 0.274. The van der Waals surface area contributed by atoms with E-state index in [1.807, 2.05) is 11.4 Å². The first-order valence-electron chi connectivity index (χ1n) is 8.50. The first-order valence-corrected chi connectivity index (χ1v) is 9.38. The van der Waals surface area contributed by atoms with Gasteiger partial charge >= 0.3 is 0 Å². The molecular weight excluding hydrogens is 308 g/mol. The molecule has 122 valence electrons. The number of rotatable bonds is 4. The Labute approximate surface area is 140 Å². The third kappa shape index (κ3) is 2.69. The lowest BCUT2D eigenvalue weighted by Crippen LogP contribution is -2.42. The van der Waals surface area contributed by atoms with Gasteiger partial charge in [-0.25, -0.2) is 0 Å². The van der Waals surface area contributed by atoms with Crippen LogP contribution in [0.15, 0.2) is 17.5 Å². The number of thiophene rings is 1. The summed E-state index contributed by atoms with van der Waals surface area (Å²) in [4.78, 5) is 16.2. The molecule has 2 bridgehead atoms. The molecule has 4 rings (SSSR count). The molecule has 0 spiro atoms. The predicted octanol–water partition coefficient (Wildman–Crippen LogP) is 2.45. The van der Waals surface area contributed by atoms with E-state index >= 15 is 0 Å². The molecule has 1 fully saturated rings. The number of hydrogen-bond acceptors (Lipinski definition) is 4. The van der Waals surface area contributed by atoms with E-state index in [2.05, 4.69) is 32.7 Å². The Balaban J connectivity index is 1.56. The van der Waals surface area contributed by atoms with Gasteiger partial charge in [-0.15, -0.1) is 21.5 Å². The molecule has 2 aromatic heterocycles. The van der Waals surface area contributed by atoms with Gasteiger partial charge in [0.2, 0.25) is 5.91 Å². The van der Waals surface area contributed by atoms with E-state index in [0.717, 1.165) is 55.2 Å². The molecule has 1 saturated heterocycles. The van der Waals surface area contributed by atoms with Gasteiger partial charge < -0.3 is 9.47 Å². The fourth-order valence-electron chi connectivity index (χ4n) is 3.97. The van der Waals surface area contributed by atoms with Gasteiger partial charge in [0.1, 0.15) is 11.6 Å². The van der Waals surface area contributed by atoms with Crippen LogP contribution in [0.1, 0.15) is 42.7 Å². The van der Waals surface area contributed by atoms with Crippen molar-refractivity contribution >= 4 is 17.2 Å². The van der Waals surface area contributed by atoms with E-state index in [4.69, 9.17) is 0 Å². The molecule has 2 aliphatic rings. The average Bonchev–Trinajstić information content (AvgIpc) is 3.21. The monoisotopic (exact) mass is 330 g/mol. The molecule has 5 nitrogen and oxygen atoms in total. The highest BCUT2D eigenvalue weighted by atomic mass is 32.1. The van der Waals surface area contributed by atoms with Crippen LogP contribution in [0.4, 0.5) is 0 Å². The van der Waals surface area contributed by atoms with Crippen molar-refractivity contribution in [3.63, 3.8) is 0 Å². The van der Waals surface area contributed by atoms with E-state index in [0.29, 0.717) is 18.5 Å². The van der Waals surface area contributed by atoms with Crippen molar-refractivity contribution in [2.75, 3.05) is 0 Å². The Bertz CT molecular complexity index is 694. The smallest absolute Gasteiger partial charge is 0.228 e. The lowest BCUT2D eigenvalue weighted by atomic mass is 10.1. The van der Waals surface area contributed by atoms with Gasteiger partial charge in [-0.3, -0.25) is 4.79 Å². The molecule has 2 atom stereocenters. The summed E-state index contributed by atoms with van der Waals surface area (Å²) in [7, 11) is 0. The van der Waals surface area contributed by atoms with E-state index in [9.17, 15) is 4.79 Å². The van der Waals surface area contributed by atoms with Gasteiger partial charge in [-0.2, -0.15) is 0 Å². The van der Waals surface area contributed by atoms with E-state index in [1.54, 1.807) is 11.3 Å². The first kappa shape index (κ1) is 14.9. The average molecular weight is 330 g/mol. The molecule has 0 aromatic carbocycles. The van der Waals surface area contributed by atoms with E-state index < -0.39 is 0 Å². The van der Waals surface area contributed by atoms with Crippen molar-refractivity contribution < 1.29 is 4.79 Å². The summed E-state index contributed by atoms with van der Waals surface area (Å²) < 4.78 is 2.28. The molecule has 2 aliphatic heterocycles. The molecule has 2 aromatic rings. The zero-order chi connectivity index (χ0) is 15.8. The van der Waals surface area contributed by atoms with Gasteiger partial charge in [0.25, 0.3) is 0 Å². The van der Waals surface area contributed by atoms with Crippen LogP contribution in [-0.2, 0) is 30.6 Å². The number of carbonyl (C=O) groups excluding carboxylic acids is 1. The Morgan fingerprint density at radius 1 is 1.35 bits per heavy atom. The standard InChI is InChI=1S/C17H22N4OS/c1-2-4-15-18-19-16-9-12-6-7-13(11-20(15)16)21(12)17(22)10-14-5-3-8-23-14/h3,5,8,12-13H,2,4,6-7,9-11H2,1H3/t12-,13+/m0/s1. The number of aryl methyl sites for hydroxylation is 1. The van der Waals surface area contributed by atoms with Crippen molar-refractivity contribution in [3.05, 3.63) is 34.0 Å². The fraction of sp³-hybridized carbons (Fsp3) is 0.588. The Morgan fingerprint density at radius 3 is 3.00 bits per heavy atom. The summed E-state index contributed by atoms with van der Waals surface area (Å²) in [6, 6.07) is 4.67. The van der Waals surface area contributed by atoms with Gasteiger partial charge in [-0.1, -0.05) is 13.0 Å². The summed E-state index contributed by atoms with van der Waals surface area (Å²) in [5.74, 6) is 2.42. The van der Waals surface area contributed by atoms with Gasteiger partial charge in [-0.05, 0) is 30.7 Å². The Morgan fingerprint density at radius 2 is 2.22 bits per heavy atom. The van der Waals surface area contributed by atoms with Crippen molar-refractivity contribution in [3.8, 4) is 0 Å². The first-order chi connectivity index (χ1) is 11.3. The second-order valence-electron chi connectivity index (χ2n) is 6.54. The Hall–Kier alpha value is -1.69. The minimum Gasteiger partial charge on any atom is -0.334 e. The zero-order valence-corrected chi connectivity index (χ0v) is 14.3. The maximum absolute atomic E-state index is 12.8. The number of amides is 1. The van der Waals surface area contributed by atoms with E-state index in [1.165, 1.54) is 0 Å². The summed E-state index contributed by atoms with van der Waals surface area (Å²) in [6.45, 7) is 3.03. The van der Waals surface area contributed by atoms with Crippen LogP contribution in [0, 0.1) is 0 Å². The maximum Gasteiger partial charge on any atom is 0.228 e. The van der Waals surface area contributed by atoms with Crippen molar-refractivity contribution in [1.82, 2.24) is 19.7 Å². The summed E-state index contributed by atoms with van der Waals surface area (Å²) >= 11 is 1.67. The number of carbonyl (C=O) groups is 1. The quantitative estimate of drug-likeness (QED) is 0.865. The van der Waals surface area contributed by atoms with Crippen LogP contribution in [0.25, 0.3) is 0 Å². The van der Waals surface area contributed by atoms with Crippen LogP contribution in [0.5, 0.6) is 0 Å². The number of fused-ring (bicyclic) bond motifs is 3. The van der Waals surface area contributed by atoms with Crippen LogP contribution < -0.4 is 0 Å². The predicted molar refractivity (Wildman–Crippen MR) is 89.4 cm³/mol. The highest BCUT2D eigenvalue weighted by Crippen LogP contribution is 2.32. The molecule has 0 radical (unpaired) electrons. The molecule has 23 heavy (non-hydrogen) atoms. The normalized spacial score (nSPS) is 22.9. The lowest BCUT2D eigenvalue weighted by molar-refractivity contribution is -0.133. The van der Waals surface area contributed by atoms with Crippen molar-refractivity contribution in [2.24, 2.45) is 0 Å². The van der Waals surface area contributed by atoms with Crippen LogP contribution >= 0.6 is 11.3 Å². The third-order valence-electron chi connectivity index (χ3n) is 5.00. The molecule has 4 heterocycles. The third-order valence-corrected chi connectivity index (χ3v) is 5.88. The number of nitrogens with zero attached hydrogens (tertiary/aromatic N) is 4. The molecule has 0 aliphatic carbocycles. The summed E-state index contributed by atoms with van der Waals surface area (Å²) in [5.41, 5.74) is 0. The minimum atomic E-state index is 0.274. The number of hydrogen-bond donors (Lipinski definition) is 0. The largest absolute Gasteiger partial charge is 0.334 e. The fourth-order valence-corrected chi connectivity index (χ4v) is 4.66. The van der Waals surface area contributed by atoms with Crippen molar-refractivity contribution in [2.45, 2.75) is 64.1 Å². The summed E-state index contributed by atoms with van der Waals surface area (Å²) in [6.07, 6.45) is 5.62. The highest BCUT2D eigenvalue weighted by molar-refractivity contribution is 7.10. The zero-order valence-electron chi connectivity index (χ0n) is 13.4. The van der Waals surface area contributed by atoms with Gasteiger partial charge in [0.15, 0.2) is 0 Å². The van der Waals surface area contributed by atoms with Gasteiger partial charge in [0, 0.05) is 30.3 Å². The van der Waals surface area contributed by atoms with E-state index in [-0.39, 0.29) is 5.91 Å². The van der Waals surface area contributed by atoms with Gasteiger partial charge in [0.05, 0.1) is 12.5 Å². The SMILES string of the molecule is CCCc1nnc2n1C[C@H]1CC[C@@H](C2)N1C(=O)Cc1cccs1. The second kappa shape index (κ2) is 6.07. The second-order valence-corrected chi connectivity index (χ2v) is 7.57. The summed E-state index contributed by atoms with van der Waals surface area (Å²) in [5, 5.41) is 10.8. The van der Waals surface area contributed by atoms with Crippen LogP contribution in [0.3, 0.4) is 0 Å². The maximum atomic E-state index is 12.8. The van der Waals surface area contributed by atoms with Crippen LogP contribution in [-0.4, -0.2) is 37.7 Å².